The molecule has 0 aliphatic rings. The zero-order chi connectivity index (χ0) is 14.2. The van der Waals surface area contributed by atoms with Gasteiger partial charge in [0.05, 0.1) is 21.3 Å². The molecule has 0 bridgehead atoms. The first-order valence-electron chi connectivity index (χ1n) is 5.49. The summed E-state index contributed by atoms with van der Waals surface area (Å²) >= 11 is 6.62. The molecule has 0 atom stereocenters. The zero-order valence-corrected chi connectivity index (χ0v) is 13.5. The molecule has 0 aliphatic carbocycles. The molecule has 0 radical (unpaired) electrons. The van der Waals surface area contributed by atoms with Crippen molar-refractivity contribution in [1.82, 2.24) is 9.97 Å². The average molecular weight is 390 g/mol. The van der Waals surface area contributed by atoms with E-state index in [4.69, 9.17) is 0 Å². The van der Waals surface area contributed by atoms with Crippen molar-refractivity contribution in [1.29, 1.82) is 0 Å². The fourth-order valence-electron chi connectivity index (χ4n) is 1.74. The quantitative estimate of drug-likeness (QED) is 0.843. The van der Waals surface area contributed by atoms with E-state index in [1.807, 2.05) is 0 Å². The van der Waals surface area contributed by atoms with Crippen LogP contribution in [0.4, 0.5) is 4.39 Å². The molecule has 0 spiro atoms. The van der Waals surface area contributed by atoms with Crippen LogP contribution in [0.3, 0.4) is 0 Å². The third-order valence-corrected chi connectivity index (χ3v) is 3.90. The van der Waals surface area contributed by atoms with Gasteiger partial charge in [-0.05, 0) is 51.8 Å². The van der Waals surface area contributed by atoms with Gasteiger partial charge >= 0.3 is 0 Å². The predicted molar refractivity (Wildman–Crippen MR) is 78.1 cm³/mol. The first-order chi connectivity index (χ1) is 8.82. The molecule has 0 amide bonds. The Bertz CT molecular complexity index is 627. The number of hydrogen-bond acceptors (Lipinski definition) is 3. The Morgan fingerprint density at radius 2 is 1.89 bits per heavy atom. The van der Waals surface area contributed by atoms with Crippen LogP contribution in [-0.4, -0.2) is 15.1 Å². The Morgan fingerprint density at radius 3 is 2.47 bits per heavy atom. The lowest BCUT2D eigenvalue weighted by Gasteiger charge is -2.20. The summed E-state index contributed by atoms with van der Waals surface area (Å²) in [5, 5.41) is 10.0. The van der Waals surface area contributed by atoms with Crippen molar-refractivity contribution < 1.29 is 9.50 Å². The lowest BCUT2D eigenvalue weighted by atomic mass is 9.94. The minimum absolute atomic E-state index is 0.219. The van der Waals surface area contributed by atoms with Crippen molar-refractivity contribution in [2.24, 2.45) is 0 Å². The second-order valence-electron chi connectivity index (χ2n) is 4.56. The molecule has 6 heteroatoms. The molecule has 3 nitrogen and oxygen atoms in total. The summed E-state index contributed by atoms with van der Waals surface area (Å²) in [7, 11) is 0. The third-order valence-electron chi connectivity index (χ3n) is 2.65. The van der Waals surface area contributed by atoms with E-state index < -0.39 is 11.4 Å². The number of rotatable bonds is 2. The minimum Gasteiger partial charge on any atom is -0.386 e. The molecule has 1 aromatic carbocycles. The van der Waals surface area contributed by atoms with Crippen LogP contribution in [0.1, 0.15) is 19.4 Å². The van der Waals surface area contributed by atoms with Crippen LogP contribution in [0, 0.1) is 5.82 Å². The number of halogens is 3. The third kappa shape index (κ3) is 2.85. The summed E-state index contributed by atoms with van der Waals surface area (Å²) in [6.07, 6.45) is 2.90. The minimum atomic E-state index is -1.26. The first-order valence-corrected chi connectivity index (χ1v) is 7.07. The van der Waals surface area contributed by atoms with Crippen molar-refractivity contribution >= 4 is 31.9 Å². The smallest absolute Gasteiger partial charge is 0.139 e. The Morgan fingerprint density at radius 1 is 1.21 bits per heavy atom. The highest BCUT2D eigenvalue weighted by atomic mass is 79.9. The molecular weight excluding hydrogens is 379 g/mol. The standard InChI is InChI=1S/C13H11Br2FN2O/c1-13(2,19)7-3-4-8(14)10(11(7)16)12-9(15)5-17-6-18-12/h3-6,19H,1-2H3. The van der Waals surface area contributed by atoms with Crippen LogP contribution in [0.25, 0.3) is 11.3 Å². The van der Waals surface area contributed by atoms with Crippen LogP contribution in [0.2, 0.25) is 0 Å². The number of benzene rings is 1. The molecule has 0 fully saturated rings. The first kappa shape index (κ1) is 14.6. The highest BCUT2D eigenvalue weighted by Gasteiger charge is 2.25. The van der Waals surface area contributed by atoms with Crippen LogP contribution in [-0.2, 0) is 5.60 Å². The molecule has 0 saturated heterocycles. The highest BCUT2D eigenvalue weighted by Crippen LogP contribution is 2.37. The molecule has 2 rings (SSSR count). The largest absolute Gasteiger partial charge is 0.386 e. The van der Waals surface area contributed by atoms with Gasteiger partial charge in [-0.2, -0.15) is 0 Å². The number of aromatic nitrogens is 2. The predicted octanol–water partition coefficient (Wildman–Crippen LogP) is 4.04. The van der Waals surface area contributed by atoms with Gasteiger partial charge in [-0.3, -0.25) is 0 Å². The van der Waals surface area contributed by atoms with Crippen molar-refractivity contribution in [2.45, 2.75) is 19.4 Å². The van der Waals surface area contributed by atoms with Crippen molar-refractivity contribution in [3.8, 4) is 11.3 Å². The van der Waals surface area contributed by atoms with E-state index in [2.05, 4.69) is 41.8 Å². The van der Waals surface area contributed by atoms with Gasteiger partial charge in [0.25, 0.3) is 0 Å². The summed E-state index contributed by atoms with van der Waals surface area (Å²) in [6, 6.07) is 3.25. The maximum Gasteiger partial charge on any atom is 0.139 e. The lowest BCUT2D eigenvalue weighted by Crippen LogP contribution is -2.18. The van der Waals surface area contributed by atoms with E-state index in [1.54, 1.807) is 18.3 Å². The lowest BCUT2D eigenvalue weighted by molar-refractivity contribution is 0.0746. The van der Waals surface area contributed by atoms with Crippen LogP contribution < -0.4 is 0 Å². The van der Waals surface area contributed by atoms with E-state index in [9.17, 15) is 9.50 Å². The summed E-state index contributed by atoms with van der Waals surface area (Å²) < 4.78 is 15.8. The van der Waals surface area contributed by atoms with Crippen LogP contribution >= 0.6 is 31.9 Å². The van der Waals surface area contributed by atoms with Gasteiger partial charge in [0.2, 0.25) is 0 Å². The molecule has 1 heterocycles. The Kier molecular flexibility index (Phi) is 4.03. The summed E-state index contributed by atoms with van der Waals surface area (Å²) in [5.41, 5.74) is -0.311. The molecule has 0 aliphatic heterocycles. The van der Waals surface area contributed by atoms with Gasteiger partial charge in [-0.15, -0.1) is 0 Å². The Balaban J connectivity index is 2.74. The summed E-state index contributed by atoms with van der Waals surface area (Å²) in [4.78, 5) is 7.94. The van der Waals surface area contributed by atoms with Crippen LogP contribution in [0.15, 0.2) is 33.6 Å². The highest BCUT2D eigenvalue weighted by molar-refractivity contribution is 9.11. The molecule has 1 aromatic heterocycles. The molecule has 19 heavy (non-hydrogen) atoms. The Hall–Kier alpha value is -0.850. The second kappa shape index (κ2) is 5.26. The normalized spacial score (nSPS) is 11.7. The van der Waals surface area contributed by atoms with E-state index >= 15 is 0 Å². The molecule has 0 saturated carbocycles. The second-order valence-corrected chi connectivity index (χ2v) is 6.27. The molecule has 1 N–H and O–H groups in total. The van der Waals surface area contributed by atoms with E-state index in [-0.39, 0.29) is 5.56 Å². The van der Waals surface area contributed by atoms with Crippen molar-refractivity contribution in [3.05, 3.63) is 45.0 Å². The summed E-state index contributed by atoms with van der Waals surface area (Å²) in [6.45, 7) is 3.08. The van der Waals surface area contributed by atoms with Crippen molar-refractivity contribution in [3.63, 3.8) is 0 Å². The van der Waals surface area contributed by atoms with E-state index in [0.717, 1.165) is 0 Å². The van der Waals surface area contributed by atoms with Gasteiger partial charge in [0.1, 0.15) is 12.1 Å². The molecule has 2 aromatic rings. The van der Waals surface area contributed by atoms with E-state index in [1.165, 1.54) is 20.2 Å². The summed E-state index contributed by atoms with van der Waals surface area (Å²) in [5.74, 6) is -0.499. The number of aliphatic hydroxyl groups is 1. The topological polar surface area (TPSA) is 46.0 Å². The van der Waals surface area contributed by atoms with Gasteiger partial charge in [0, 0.05) is 16.2 Å². The van der Waals surface area contributed by atoms with Gasteiger partial charge in [-0.1, -0.05) is 6.07 Å². The zero-order valence-electron chi connectivity index (χ0n) is 10.3. The molecule has 100 valence electrons. The fraction of sp³-hybridized carbons (Fsp3) is 0.231. The van der Waals surface area contributed by atoms with Gasteiger partial charge in [0.15, 0.2) is 0 Å². The number of nitrogens with zero attached hydrogens (tertiary/aromatic N) is 2. The Labute approximate surface area is 127 Å². The monoisotopic (exact) mass is 388 g/mol. The fourth-order valence-corrected chi connectivity index (χ4v) is 2.65. The van der Waals surface area contributed by atoms with E-state index in [0.29, 0.717) is 20.2 Å². The maximum absolute atomic E-state index is 14.6. The maximum atomic E-state index is 14.6. The molecule has 0 unspecified atom stereocenters. The molecular formula is C13H11Br2FN2O. The SMILES string of the molecule is CC(C)(O)c1ccc(Br)c(-c2ncncc2Br)c1F. The van der Waals surface area contributed by atoms with Crippen LogP contribution in [0.5, 0.6) is 0 Å². The van der Waals surface area contributed by atoms with Crippen molar-refractivity contribution in [2.75, 3.05) is 0 Å². The van der Waals surface area contributed by atoms with Gasteiger partial charge in [-0.25, -0.2) is 14.4 Å². The average Bonchev–Trinajstić information content (AvgIpc) is 2.29. The number of hydrogen-bond donors (Lipinski definition) is 1. The van der Waals surface area contributed by atoms with Gasteiger partial charge < -0.3 is 5.11 Å².